The molecule has 0 aliphatic carbocycles. The molecule has 1 saturated heterocycles. The summed E-state index contributed by atoms with van der Waals surface area (Å²) in [5.41, 5.74) is 2.58. The molecule has 1 aliphatic rings. The average Bonchev–Trinajstić information content (AvgIpc) is 2.83. The van der Waals surface area contributed by atoms with Gasteiger partial charge in [-0.2, -0.15) is 9.78 Å². The third-order valence-electron chi connectivity index (χ3n) is 5.62. The van der Waals surface area contributed by atoms with Crippen LogP contribution in [0, 0.1) is 11.7 Å². The van der Waals surface area contributed by atoms with Crippen molar-refractivity contribution in [2.75, 3.05) is 36.5 Å². The summed E-state index contributed by atoms with van der Waals surface area (Å²) in [5.74, 6) is 0.130. The van der Waals surface area contributed by atoms with Crippen molar-refractivity contribution in [3.63, 3.8) is 0 Å². The van der Waals surface area contributed by atoms with E-state index in [-0.39, 0.29) is 16.4 Å². The zero-order chi connectivity index (χ0) is 22.5. The number of aromatic nitrogens is 2. The average molecular weight is 457 g/mol. The van der Waals surface area contributed by atoms with Gasteiger partial charge in [-0.25, -0.2) is 4.39 Å². The summed E-state index contributed by atoms with van der Waals surface area (Å²) in [6.45, 7) is 4.95. The first-order valence-electron chi connectivity index (χ1n) is 10.8. The van der Waals surface area contributed by atoms with Crippen LogP contribution in [0.3, 0.4) is 0 Å². The van der Waals surface area contributed by atoms with E-state index >= 15 is 0 Å². The fourth-order valence-electron chi connectivity index (χ4n) is 3.87. The second kappa shape index (κ2) is 10.1. The first-order chi connectivity index (χ1) is 15.6. The number of halogens is 2. The van der Waals surface area contributed by atoms with Crippen molar-refractivity contribution in [1.29, 1.82) is 0 Å². The van der Waals surface area contributed by atoms with Gasteiger partial charge in [0.25, 0.3) is 5.56 Å². The van der Waals surface area contributed by atoms with Gasteiger partial charge in [-0.3, -0.25) is 4.79 Å². The molecule has 8 heteroatoms. The maximum absolute atomic E-state index is 13.3. The van der Waals surface area contributed by atoms with Crippen molar-refractivity contribution in [2.24, 2.45) is 5.92 Å². The molecule has 1 aliphatic heterocycles. The Labute approximate surface area is 191 Å². The molecule has 4 rings (SSSR count). The fraction of sp³-hybridized carbons (Fsp3) is 0.333. The number of nitrogens with one attached hydrogen (secondary N) is 1. The Balaban J connectivity index is 1.51. The molecule has 0 bridgehead atoms. The van der Waals surface area contributed by atoms with E-state index in [4.69, 9.17) is 16.3 Å². The highest BCUT2D eigenvalue weighted by molar-refractivity contribution is 6.32. The Hall–Kier alpha value is -2.90. The molecule has 2 heterocycles. The number of hydrogen-bond acceptors (Lipinski definition) is 5. The zero-order valence-corrected chi connectivity index (χ0v) is 18.7. The van der Waals surface area contributed by atoms with Crippen LogP contribution in [0.5, 0.6) is 0 Å². The second-order valence-corrected chi connectivity index (χ2v) is 8.17. The van der Waals surface area contributed by atoms with E-state index in [2.05, 4.69) is 10.4 Å². The van der Waals surface area contributed by atoms with Crippen molar-refractivity contribution >= 4 is 28.7 Å². The summed E-state index contributed by atoms with van der Waals surface area (Å²) in [6.07, 6.45) is 3.72. The van der Waals surface area contributed by atoms with E-state index in [9.17, 15) is 9.18 Å². The number of hydrogen-bond donors (Lipinski definition) is 1. The van der Waals surface area contributed by atoms with Gasteiger partial charge in [0.15, 0.2) is 0 Å². The minimum absolute atomic E-state index is 0.113. The van der Waals surface area contributed by atoms with Crippen molar-refractivity contribution in [3.05, 3.63) is 75.9 Å². The van der Waals surface area contributed by atoms with Gasteiger partial charge in [-0.1, -0.05) is 11.6 Å². The van der Waals surface area contributed by atoms with Crippen LogP contribution in [-0.2, 0) is 4.74 Å². The summed E-state index contributed by atoms with van der Waals surface area (Å²) < 4.78 is 20.0. The number of ether oxygens (including phenoxy) is 1. The standard InChI is InChI=1S/C24H26ClFN4O2/c1-2-29(19-7-5-18(26)6-8-19)20-9-11-21(12-10-20)30-24(31)23(25)22(15-28-30)27-14-17-4-3-13-32-16-17/h5-12,15,17,27H,2-4,13-14,16H2,1H3/t17-/m1/s1. The molecule has 0 amide bonds. The monoisotopic (exact) mass is 456 g/mol. The summed E-state index contributed by atoms with van der Waals surface area (Å²) in [7, 11) is 0. The maximum Gasteiger partial charge on any atom is 0.292 e. The van der Waals surface area contributed by atoms with E-state index in [0.29, 0.717) is 37.0 Å². The van der Waals surface area contributed by atoms with Crippen LogP contribution in [0.1, 0.15) is 19.8 Å². The van der Waals surface area contributed by atoms with Crippen LogP contribution in [-0.4, -0.2) is 36.1 Å². The normalized spacial score (nSPS) is 16.0. The number of benzene rings is 2. The molecule has 168 valence electrons. The van der Waals surface area contributed by atoms with Crippen molar-refractivity contribution in [2.45, 2.75) is 19.8 Å². The van der Waals surface area contributed by atoms with Crippen molar-refractivity contribution in [3.8, 4) is 5.69 Å². The van der Waals surface area contributed by atoms with Gasteiger partial charge >= 0.3 is 0 Å². The van der Waals surface area contributed by atoms with Gasteiger partial charge in [-0.05, 0) is 74.2 Å². The number of rotatable bonds is 7. The fourth-order valence-corrected chi connectivity index (χ4v) is 4.07. The van der Waals surface area contributed by atoms with Gasteiger partial charge in [0, 0.05) is 31.1 Å². The van der Waals surface area contributed by atoms with Gasteiger partial charge in [0.05, 0.1) is 24.2 Å². The highest BCUT2D eigenvalue weighted by atomic mass is 35.5. The third-order valence-corrected chi connectivity index (χ3v) is 5.98. The Morgan fingerprint density at radius 2 is 1.88 bits per heavy atom. The lowest BCUT2D eigenvalue weighted by molar-refractivity contribution is 0.0595. The van der Waals surface area contributed by atoms with Gasteiger partial charge in [0.1, 0.15) is 10.8 Å². The van der Waals surface area contributed by atoms with Gasteiger partial charge in [-0.15, -0.1) is 0 Å². The van der Waals surface area contributed by atoms with Gasteiger partial charge in [0.2, 0.25) is 0 Å². The summed E-state index contributed by atoms with van der Waals surface area (Å²) in [4.78, 5) is 14.9. The highest BCUT2D eigenvalue weighted by Gasteiger charge is 2.16. The lowest BCUT2D eigenvalue weighted by atomic mass is 10.0. The number of nitrogens with zero attached hydrogens (tertiary/aromatic N) is 3. The Kier molecular flexibility index (Phi) is 7.07. The number of anilines is 3. The SMILES string of the molecule is CCN(c1ccc(F)cc1)c1ccc(-n2ncc(NC[C@H]3CCCOC3)c(Cl)c2=O)cc1. The Bertz CT molecular complexity index is 1100. The predicted molar refractivity (Wildman–Crippen MR) is 126 cm³/mol. The molecule has 6 nitrogen and oxygen atoms in total. The van der Waals surface area contributed by atoms with Crippen molar-refractivity contribution < 1.29 is 9.13 Å². The molecule has 3 aromatic rings. The molecule has 1 fully saturated rings. The minimum atomic E-state index is -0.379. The highest BCUT2D eigenvalue weighted by Crippen LogP contribution is 2.26. The topological polar surface area (TPSA) is 59.4 Å². The van der Waals surface area contributed by atoms with E-state index in [1.807, 2.05) is 36.1 Å². The Morgan fingerprint density at radius 1 is 1.19 bits per heavy atom. The first-order valence-corrected chi connectivity index (χ1v) is 11.2. The molecule has 0 unspecified atom stereocenters. The predicted octanol–water partition coefficient (Wildman–Crippen LogP) is 5.02. The Morgan fingerprint density at radius 3 is 2.50 bits per heavy atom. The molecular formula is C24H26ClFN4O2. The third kappa shape index (κ3) is 4.95. The van der Waals surface area contributed by atoms with Crippen molar-refractivity contribution in [1.82, 2.24) is 9.78 Å². The van der Waals surface area contributed by atoms with E-state index in [0.717, 1.165) is 30.8 Å². The molecule has 1 aromatic heterocycles. The maximum atomic E-state index is 13.3. The largest absolute Gasteiger partial charge is 0.382 e. The molecule has 2 aromatic carbocycles. The lowest BCUT2D eigenvalue weighted by Gasteiger charge is -2.23. The summed E-state index contributed by atoms with van der Waals surface area (Å²) in [5, 5.41) is 7.65. The van der Waals surface area contributed by atoms with Crippen LogP contribution in [0.25, 0.3) is 5.69 Å². The van der Waals surface area contributed by atoms with Crippen LogP contribution < -0.4 is 15.8 Å². The minimum Gasteiger partial charge on any atom is -0.382 e. The van der Waals surface area contributed by atoms with E-state index < -0.39 is 0 Å². The molecular weight excluding hydrogens is 431 g/mol. The quantitative estimate of drug-likeness (QED) is 0.540. The lowest BCUT2D eigenvalue weighted by Crippen LogP contribution is -2.26. The van der Waals surface area contributed by atoms with Crippen LogP contribution in [0.2, 0.25) is 5.02 Å². The molecule has 0 radical (unpaired) electrons. The van der Waals surface area contributed by atoms with E-state index in [1.54, 1.807) is 18.3 Å². The van der Waals surface area contributed by atoms with Crippen LogP contribution in [0.4, 0.5) is 21.5 Å². The summed E-state index contributed by atoms with van der Waals surface area (Å²) >= 11 is 6.36. The molecule has 0 spiro atoms. The van der Waals surface area contributed by atoms with E-state index in [1.165, 1.54) is 16.8 Å². The molecule has 1 N–H and O–H groups in total. The molecule has 1 atom stereocenters. The van der Waals surface area contributed by atoms with Crippen LogP contribution in [0.15, 0.2) is 59.5 Å². The van der Waals surface area contributed by atoms with Crippen LogP contribution >= 0.6 is 11.6 Å². The summed E-state index contributed by atoms with van der Waals surface area (Å²) in [6, 6.07) is 13.8. The van der Waals surface area contributed by atoms with Gasteiger partial charge < -0.3 is 15.0 Å². The second-order valence-electron chi connectivity index (χ2n) is 7.79. The molecule has 0 saturated carbocycles. The first kappa shape index (κ1) is 22.3. The zero-order valence-electron chi connectivity index (χ0n) is 17.9. The molecule has 32 heavy (non-hydrogen) atoms. The smallest absolute Gasteiger partial charge is 0.292 e.